The van der Waals surface area contributed by atoms with Crippen LogP contribution >= 0.6 is 0 Å². The van der Waals surface area contributed by atoms with Crippen LogP contribution in [0.1, 0.15) is 22.3 Å². The van der Waals surface area contributed by atoms with Crippen molar-refractivity contribution in [3.63, 3.8) is 0 Å². The molecular formula is C22H15F3N2O2. The first-order chi connectivity index (χ1) is 13.8. The highest BCUT2D eigenvalue weighted by Crippen LogP contribution is 2.42. The van der Waals surface area contributed by atoms with Gasteiger partial charge in [0.05, 0.1) is 22.1 Å². The molecule has 0 radical (unpaired) electrons. The van der Waals surface area contributed by atoms with Crippen LogP contribution in [0, 0.1) is 21.4 Å². The van der Waals surface area contributed by atoms with Gasteiger partial charge in [-0.3, -0.25) is 10.1 Å². The Morgan fingerprint density at radius 3 is 2.00 bits per heavy atom. The molecule has 7 heteroatoms. The summed E-state index contributed by atoms with van der Waals surface area (Å²) in [5.74, 6) is 0. The minimum absolute atomic E-state index is 0.0700. The number of benzene rings is 3. The summed E-state index contributed by atoms with van der Waals surface area (Å²) in [6, 6.07) is 21.7. The highest BCUT2D eigenvalue weighted by Gasteiger charge is 2.42. The van der Waals surface area contributed by atoms with Crippen molar-refractivity contribution < 1.29 is 18.1 Å². The average Bonchev–Trinajstić information content (AvgIpc) is 2.72. The molecule has 0 aliphatic carbocycles. The maximum atomic E-state index is 13.1. The van der Waals surface area contributed by atoms with Gasteiger partial charge in [-0.25, -0.2) is 0 Å². The second-order valence-electron chi connectivity index (χ2n) is 6.53. The van der Waals surface area contributed by atoms with E-state index >= 15 is 0 Å². The molecule has 1 unspecified atom stereocenters. The third-order valence-electron chi connectivity index (χ3n) is 4.75. The molecule has 29 heavy (non-hydrogen) atoms. The summed E-state index contributed by atoms with van der Waals surface area (Å²) >= 11 is 0. The smallest absolute Gasteiger partial charge is 0.258 e. The molecule has 0 saturated heterocycles. The molecule has 0 bridgehead atoms. The molecule has 0 N–H and O–H groups in total. The third-order valence-corrected chi connectivity index (χ3v) is 4.75. The number of nitrogens with zero attached hydrogens (tertiary/aromatic N) is 2. The van der Waals surface area contributed by atoms with Crippen LogP contribution in [0.5, 0.6) is 0 Å². The van der Waals surface area contributed by atoms with E-state index in [0.29, 0.717) is 11.6 Å². The number of nitro benzene ring substituents is 1. The van der Waals surface area contributed by atoms with Gasteiger partial charge in [0.15, 0.2) is 0 Å². The fourth-order valence-corrected chi connectivity index (χ4v) is 3.36. The first-order valence-corrected chi connectivity index (χ1v) is 8.65. The van der Waals surface area contributed by atoms with Gasteiger partial charge in [0, 0.05) is 6.07 Å². The van der Waals surface area contributed by atoms with Crippen molar-refractivity contribution in [1.82, 2.24) is 0 Å². The summed E-state index contributed by atoms with van der Waals surface area (Å²) in [6.07, 6.45) is -4.66. The Morgan fingerprint density at radius 1 is 0.897 bits per heavy atom. The zero-order valence-corrected chi connectivity index (χ0v) is 15.1. The maximum absolute atomic E-state index is 13.1. The Balaban J connectivity index is 2.30. The van der Waals surface area contributed by atoms with E-state index in [4.69, 9.17) is 0 Å². The molecule has 0 fully saturated rings. The standard InChI is InChI=1S/C22H15F3N2O2/c23-22(24,25)18-11-12-19(20(13-18)27(28)29)21(15-26,17-9-5-2-6-10-17)14-16-7-3-1-4-8-16/h1-13H,14H2. The molecule has 0 aliphatic rings. The molecule has 1 atom stereocenters. The van der Waals surface area contributed by atoms with Crippen molar-refractivity contribution in [3.8, 4) is 6.07 Å². The monoisotopic (exact) mass is 396 g/mol. The van der Waals surface area contributed by atoms with E-state index in [0.717, 1.165) is 17.7 Å². The molecule has 0 aliphatic heterocycles. The average molecular weight is 396 g/mol. The Morgan fingerprint density at radius 2 is 1.48 bits per heavy atom. The van der Waals surface area contributed by atoms with Crippen LogP contribution < -0.4 is 0 Å². The van der Waals surface area contributed by atoms with Crippen LogP contribution in [0.15, 0.2) is 78.9 Å². The quantitative estimate of drug-likeness (QED) is 0.412. The second-order valence-corrected chi connectivity index (χ2v) is 6.53. The number of hydrogen-bond donors (Lipinski definition) is 0. The summed E-state index contributed by atoms with van der Waals surface area (Å²) in [7, 11) is 0. The predicted octanol–water partition coefficient (Wildman–Crippen LogP) is 5.67. The van der Waals surface area contributed by atoms with E-state index in [-0.39, 0.29) is 12.0 Å². The van der Waals surface area contributed by atoms with Crippen LogP contribution in [-0.4, -0.2) is 4.92 Å². The minimum atomic E-state index is -4.73. The maximum Gasteiger partial charge on any atom is 0.416 e. The van der Waals surface area contributed by atoms with Gasteiger partial charge in [0.2, 0.25) is 0 Å². The van der Waals surface area contributed by atoms with Crippen LogP contribution in [0.3, 0.4) is 0 Å². The van der Waals surface area contributed by atoms with Gasteiger partial charge in [-0.15, -0.1) is 0 Å². The molecule has 0 heterocycles. The Labute approximate surface area is 165 Å². The molecule has 0 aromatic heterocycles. The van der Waals surface area contributed by atoms with Gasteiger partial charge in [-0.1, -0.05) is 60.7 Å². The van der Waals surface area contributed by atoms with E-state index in [1.807, 2.05) is 0 Å². The Bertz CT molecular complexity index is 1060. The molecule has 3 aromatic carbocycles. The fourth-order valence-electron chi connectivity index (χ4n) is 3.36. The fraction of sp³-hybridized carbons (Fsp3) is 0.136. The van der Waals surface area contributed by atoms with Crippen molar-refractivity contribution in [2.75, 3.05) is 0 Å². The van der Waals surface area contributed by atoms with Crippen LogP contribution in [-0.2, 0) is 18.0 Å². The van der Waals surface area contributed by atoms with E-state index in [1.54, 1.807) is 60.7 Å². The SMILES string of the molecule is N#CC(Cc1ccccc1)(c1ccccc1)c1ccc(C(F)(F)F)cc1[N+](=O)[O-]. The summed E-state index contributed by atoms with van der Waals surface area (Å²) in [4.78, 5) is 10.8. The first-order valence-electron chi connectivity index (χ1n) is 8.65. The zero-order chi connectivity index (χ0) is 21.1. The Hall–Kier alpha value is -3.66. The largest absolute Gasteiger partial charge is 0.416 e. The van der Waals surface area contributed by atoms with E-state index < -0.39 is 27.8 Å². The number of rotatable bonds is 5. The molecule has 3 rings (SSSR count). The van der Waals surface area contributed by atoms with Crippen LogP contribution in [0.4, 0.5) is 18.9 Å². The first kappa shape index (κ1) is 20.1. The molecule has 0 saturated carbocycles. The molecular weight excluding hydrogens is 381 g/mol. The number of halogens is 3. The highest BCUT2D eigenvalue weighted by molar-refractivity contribution is 5.58. The van der Waals surface area contributed by atoms with Gasteiger partial charge in [0.1, 0.15) is 5.41 Å². The molecule has 3 aromatic rings. The number of hydrogen-bond acceptors (Lipinski definition) is 3. The van der Waals surface area contributed by atoms with E-state index in [1.165, 1.54) is 0 Å². The topological polar surface area (TPSA) is 66.9 Å². The third kappa shape index (κ3) is 3.97. The summed E-state index contributed by atoms with van der Waals surface area (Å²) in [6.45, 7) is 0. The summed E-state index contributed by atoms with van der Waals surface area (Å²) in [5.41, 5.74) is -2.28. The molecule has 0 spiro atoms. The highest BCUT2D eigenvalue weighted by atomic mass is 19.4. The van der Waals surface area contributed by atoms with Crippen LogP contribution in [0.25, 0.3) is 0 Å². The lowest BCUT2D eigenvalue weighted by Crippen LogP contribution is -2.30. The van der Waals surface area contributed by atoms with Crippen molar-refractivity contribution >= 4 is 5.69 Å². The summed E-state index contributed by atoms with van der Waals surface area (Å²) in [5, 5.41) is 21.9. The van der Waals surface area contributed by atoms with Crippen molar-refractivity contribution in [3.05, 3.63) is 111 Å². The van der Waals surface area contributed by atoms with Gasteiger partial charge in [-0.2, -0.15) is 18.4 Å². The van der Waals surface area contributed by atoms with Gasteiger partial charge in [0.25, 0.3) is 5.69 Å². The minimum Gasteiger partial charge on any atom is -0.258 e. The molecule has 146 valence electrons. The number of nitro groups is 1. The second kappa shape index (κ2) is 7.76. The summed E-state index contributed by atoms with van der Waals surface area (Å²) < 4.78 is 39.4. The molecule has 4 nitrogen and oxygen atoms in total. The van der Waals surface area contributed by atoms with Gasteiger partial charge >= 0.3 is 6.18 Å². The van der Waals surface area contributed by atoms with E-state index in [9.17, 15) is 28.5 Å². The van der Waals surface area contributed by atoms with Gasteiger partial charge in [-0.05, 0) is 29.7 Å². The van der Waals surface area contributed by atoms with Crippen molar-refractivity contribution in [2.24, 2.45) is 0 Å². The Kier molecular flexibility index (Phi) is 5.37. The zero-order valence-electron chi connectivity index (χ0n) is 15.1. The lowest BCUT2D eigenvalue weighted by molar-refractivity contribution is -0.386. The van der Waals surface area contributed by atoms with Gasteiger partial charge < -0.3 is 0 Å². The lowest BCUT2D eigenvalue weighted by Gasteiger charge is -2.28. The normalized spacial score (nSPS) is 13.3. The van der Waals surface area contributed by atoms with E-state index in [2.05, 4.69) is 6.07 Å². The van der Waals surface area contributed by atoms with Crippen molar-refractivity contribution in [2.45, 2.75) is 18.0 Å². The van der Waals surface area contributed by atoms with Crippen LogP contribution in [0.2, 0.25) is 0 Å². The number of alkyl halides is 3. The lowest BCUT2D eigenvalue weighted by atomic mass is 9.71. The molecule has 0 amide bonds. The number of nitriles is 1. The van der Waals surface area contributed by atoms with Crippen molar-refractivity contribution in [1.29, 1.82) is 5.26 Å². The predicted molar refractivity (Wildman–Crippen MR) is 101 cm³/mol.